The Morgan fingerprint density at radius 2 is 1.84 bits per heavy atom. The lowest BCUT2D eigenvalue weighted by Gasteiger charge is -2.22. The van der Waals surface area contributed by atoms with E-state index in [9.17, 15) is 22.8 Å². The fraction of sp³-hybridized carbons (Fsp3) is 0.200. The van der Waals surface area contributed by atoms with Gasteiger partial charge in [0.15, 0.2) is 5.17 Å². The highest BCUT2D eigenvalue weighted by Crippen LogP contribution is 2.34. The summed E-state index contributed by atoms with van der Waals surface area (Å²) in [6, 6.07) is 14.3. The second kappa shape index (κ2) is 11.9. The van der Waals surface area contributed by atoms with Gasteiger partial charge in [0, 0.05) is 17.4 Å². The highest BCUT2D eigenvalue weighted by atomic mass is 32.2. The zero-order valence-corrected chi connectivity index (χ0v) is 24.0. The van der Waals surface area contributed by atoms with E-state index in [0.29, 0.717) is 22.6 Å². The molecule has 1 aliphatic rings. The topological polar surface area (TPSA) is 88.8 Å². The van der Waals surface area contributed by atoms with E-state index in [4.69, 9.17) is 0 Å². The smallest absolute Gasteiger partial charge is 0.406 e. The number of carbonyl (C=O) groups is 2. The van der Waals surface area contributed by atoms with Crippen LogP contribution in [0.15, 0.2) is 78.2 Å². The quantitative estimate of drug-likeness (QED) is 0.226. The molecule has 1 fully saturated rings. The fourth-order valence-electron chi connectivity index (χ4n) is 4.46. The Balaban J connectivity index is 1.31. The number of anilines is 2. The number of hydrogen-bond donors (Lipinski definition) is 1. The number of amides is 3. The molecule has 1 aromatic heterocycles. The first-order valence-corrected chi connectivity index (χ1v) is 14.0. The van der Waals surface area contributed by atoms with E-state index in [-0.39, 0.29) is 34.2 Å². The summed E-state index contributed by atoms with van der Waals surface area (Å²) in [5.74, 6) is -1.05. The maximum Gasteiger partial charge on any atom is 0.573 e. The van der Waals surface area contributed by atoms with Crippen LogP contribution in [0.5, 0.6) is 5.75 Å². The van der Waals surface area contributed by atoms with Gasteiger partial charge < -0.3 is 14.6 Å². The molecule has 5 rings (SSSR count). The van der Waals surface area contributed by atoms with Crippen LogP contribution in [0.25, 0.3) is 16.9 Å². The van der Waals surface area contributed by atoms with Crippen molar-refractivity contribution in [3.8, 4) is 22.7 Å². The Bertz CT molecular complexity index is 1720. The Kier molecular flexibility index (Phi) is 8.27. The molecule has 0 bridgehead atoms. The van der Waals surface area contributed by atoms with Gasteiger partial charge in [-0.15, -0.1) is 13.2 Å². The van der Waals surface area contributed by atoms with Gasteiger partial charge in [-0.2, -0.15) is 4.99 Å². The number of carbonyl (C=O) groups excluding carboxylic acids is 2. The first-order chi connectivity index (χ1) is 20.4. The SMILES string of the molecule is Cc1ccc(C(C)C)c(N2C(=O)CS/C2=N\C(=O)Nc2ccc(-c3cn(-c4ccc(OC(F)(F)F)cc4)cn3)cc2F)c1. The molecule has 1 N–H and O–H groups in total. The van der Waals surface area contributed by atoms with Crippen LogP contribution in [0.1, 0.15) is 30.9 Å². The predicted molar refractivity (Wildman–Crippen MR) is 157 cm³/mol. The summed E-state index contributed by atoms with van der Waals surface area (Å²) in [5, 5.41) is 2.64. The molecule has 13 heteroatoms. The minimum atomic E-state index is -4.79. The average molecular weight is 612 g/mol. The molecule has 0 spiro atoms. The zero-order valence-electron chi connectivity index (χ0n) is 23.1. The summed E-state index contributed by atoms with van der Waals surface area (Å²) >= 11 is 1.13. The van der Waals surface area contributed by atoms with E-state index in [1.54, 1.807) is 16.8 Å². The molecule has 0 unspecified atom stereocenters. The Labute approximate surface area is 248 Å². The van der Waals surface area contributed by atoms with Crippen LogP contribution >= 0.6 is 11.8 Å². The normalized spacial score (nSPS) is 14.6. The van der Waals surface area contributed by atoms with Crippen molar-refractivity contribution in [3.63, 3.8) is 0 Å². The molecule has 3 aromatic carbocycles. The molecular formula is C30H25F4N5O3S. The highest BCUT2D eigenvalue weighted by molar-refractivity contribution is 8.15. The summed E-state index contributed by atoms with van der Waals surface area (Å²) in [6.45, 7) is 5.93. The number of amidine groups is 1. The van der Waals surface area contributed by atoms with Crippen LogP contribution in [-0.2, 0) is 4.79 Å². The van der Waals surface area contributed by atoms with Gasteiger partial charge >= 0.3 is 12.4 Å². The van der Waals surface area contributed by atoms with Crippen molar-refractivity contribution in [3.05, 3.63) is 90.1 Å². The standard InChI is InChI=1S/C30H25F4N5O3S/c1-17(2)22-10-4-18(3)12-26(22)39-27(40)15-43-29(39)37-28(41)36-24-11-5-19(13-23(24)31)25-14-38(16-35-25)20-6-8-21(9-7-20)42-30(32,33)34/h4-14,16-17H,15H2,1-3H3,(H,36,41)/b37-29-. The molecule has 4 aromatic rings. The molecule has 43 heavy (non-hydrogen) atoms. The highest BCUT2D eigenvalue weighted by Gasteiger charge is 2.33. The maximum absolute atomic E-state index is 15.0. The third-order valence-electron chi connectivity index (χ3n) is 6.47. The van der Waals surface area contributed by atoms with Crippen molar-refractivity contribution in [2.45, 2.75) is 33.1 Å². The Morgan fingerprint density at radius 1 is 1.09 bits per heavy atom. The number of thioether (sulfide) groups is 1. The van der Waals surface area contributed by atoms with Crippen LogP contribution in [0.4, 0.5) is 33.7 Å². The van der Waals surface area contributed by atoms with E-state index in [2.05, 4.69) is 20.0 Å². The van der Waals surface area contributed by atoms with E-state index < -0.39 is 18.2 Å². The Hall–Kier alpha value is -4.65. The molecule has 2 heterocycles. The van der Waals surface area contributed by atoms with Gasteiger partial charge in [-0.1, -0.05) is 43.8 Å². The molecule has 222 valence electrons. The van der Waals surface area contributed by atoms with Crippen molar-refractivity contribution < 1.29 is 31.9 Å². The third-order valence-corrected chi connectivity index (χ3v) is 7.39. The molecule has 8 nitrogen and oxygen atoms in total. The maximum atomic E-state index is 15.0. The molecule has 1 aliphatic heterocycles. The van der Waals surface area contributed by atoms with Crippen molar-refractivity contribution in [1.82, 2.24) is 9.55 Å². The molecule has 3 amide bonds. The number of aliphatic imine (C=N–C) groups is 1. The number of ether oxygens (including phenoxy) is 1. The molecule has 0 atom stereocenters. The van der Waals surface area contributed by atoms with Gasteiger partial charge in [0.2, 0.25) is 5.91 Å². The van der Waals surface area contributed by atoms with E-state index in [1.807, 2.05) is 39.0 Å². The van der Waals surface area contributed by atoms with Crippen LogP contribution in [0.2, 0.25) is 0 Å². The van der Waals surface area contributed by atoms with E-state index in [1.165, 1.54) is 47.6 Å². The van der Waals surface area contributed by atoms with Gasteiger partial charge in [-0.05, 0) is 66.4 Å². The van der Waals surface area contributed by atoms with Gasteiger partial charge in [0.05, 0.1) is 29.1 Å². The summed E-state index contributed by atoms with van der Waals surface area (Å²) in [5.41, 5.74) is 3.75. The lowest BCUT2D eigenvalue weighted by Crippen LogP contribution is -2.31. The lowest BCUT2D eigenvalue weighted by atomic mass is 9.99. The first kappa shape index (κ1) is 29.8. The number of alkyl halides is 3. The second-order valence-corrected chi connectivity index (χ2v) is 10.9. The third kappa shape index (κ3) is 6.88. The zero-order chi connectivity index (χ0) is 30.9. The average Bonchev–Trinajstić information content (AvgIpc) is 3.56. The number of aryl methyl sites for hydroxylation is 1. The van der Waals surface area contributed by atoms with Crippen molar-refractivity contribution >= 4 is 40.2 Å². The summed E-state index contributed by atoms with van der Waals surface area (Å²) in [4.78, 5) is 35.3. The fourth-order valence-corrected chi connectivity index (χ4v) is 5.31. The molecule has 0 aliphatic carbocycles. The molecule has 1 saturated heterocycles. The predicted octanol–water partition coefficient (Wildman–Crippen LogP) is 7.68. The van der Waals surface area contributed by atoms with Crippen LogP contribution in [0.3, 0.4) is 0 Å². The first-order valence-electron chi connectivity index (χ1n) is 13.0. The van der Waals surface area contributed by atoms with Gasteiger partial charge in [0.25, 0.3) is 0 Å². The number of nitrogens with one attached hydrogen (secondary N) is 1. The number of imidazole rings is 1. The van der Waals surface area contributed by atoms with Gasteiger partial charge in [-0.3, -0.25) is 9.69 Å². The number of benzene rings is 3. The van der Waals surface area contributed by atoms with Crippen LogP contribution in [0, 0.1) is 12.7 Å². The monoisotopic (exact) mass is 611 g/mol. The van der Waals surface area contributed by atoms with E-state index >= 15 is 4.39 Å². The minimum absolute atomic E-state index is 0.114. The lowest BCUT2D eigenvalue weighted by molar-refractivity contribution is -0.274. The van der Waals surface area contributed by atoms with Gasteiger partial charge in [0.1, 0.15) is 11.6 Å². The van der Waals surface area contributed by atoms with E-state index in [0.717, 1.165) is 22.9 Å². The Morgan fingerprint density at radius 3 is 2.51 bits per heavy atom. The van der Waals surface area contributed by atoms with Crippen LogP contribution in [-0.4, -0.2) is 38.8 Å². The number of rotatable bonds is 6. The van der Waals surface area contributed by atoms with Crippen LogP contribution < -0.4 is 15.0 Å². The number of halogens is 4. The summed E-state index contributed by atoms with van der Waals surface area (Å²) in [7, 11) is 0. The molecular weight excluding hydrogens is 586 g/mol. The number of urea groups is 1. The molecule has 0 radical (unpaired) electrons. The number of aromatic nitrogens is 2. The number of hydrogen-bond acceptors (Lipinski definition) is 5. The van der Waals surface area contributed by atoms with Gasteiger partial charge in [-0.25, -0.2) is 14.2 Å². The second-order valence-electron chi connectivity index (χ2n) is 9.96. The molecule has 0 saturated carbocycles. The van der Waals surface area contributed by atoms with Crippen molar-refractivity contribution in [1.29, 1.82) is 0 Å². The summed E-state index contributed by atoms with van der Waals surface area (Å²) < 4.78 is 57.7. The van der Waals surface area contributed by atoms with Crippen molar-refractivity contribution in [2.24, 2.45) is 4.99 Å². The summed E-state index contributed by atoms with van der Waals surface area (Å²) in [6.07, 6.45) is -1.78. The van der Waals surface area contributed by atoms with Crippen molar-refractivity contribution in [2.75, 3.05) is 16.0 Å². The minimum Gasteiger partial charge on any atom is -0.406 e. The largest absolute Gasteiger partial charge is 0.573 e. The number of nitrogens with zero attached hydrogens (tertiary/aromatic N) is 4.